The summed E-state index contributed by atoms with van der Waals surface area (Å²) >= 11 is 0. The van der Waals surface area contributed by atoms with Crippen LogP contribution in [0.25, 0.3) is 11.3 Å². The lowest BCUT2D eigenvalue weighted by molar-refractivity contribution is 0.277. The molecule has 0 bridgehead atoms. The van der Waals surface area contributed by atoms with Gasteiger partial charge in [-0.2, -0.15) is 5.10 Å². The van der Waals surface area contributed by atoms with Crippen LogP contribution in [-0.4, -0.2) is 19.7 Å². The summed E-state index contributed by atoms with van der Waals surface area (Å²) in [6.45, 7) is 4.69. The van der Waals surface area contributed by atoms with Gasteiger partial charge >= 0.3 is 0 Å². The number of nitrogens with zero attached hydrogens (tertiary/aromatic N) is 4. The third-order valence-electron chi connectivity index (χ3n) is 6.88. The Kier molecular flexibility index (Phi) is 5.60. The van der Waals surface area contributed by atoms with Gasteiger partial charge in [-0.15, -0.1) is 0 Å². The van der Waals surface area contributed by atoms with Gasteiger partial charge in [0.15, 0.2) is 0 Å². The molecule has 2 aromatic heterocycles. The molecule has 2 saturated carbocycles. The first-order valence-electron chi connectivity index (χ1n) is 11.0. The maximum atomic E-state index is 4.99. The van der Waals surface area contributed by atoms with Crippen LogP contribution in [0.5, 0.6) is 0 Å². The molecule has 2 fully saturated rings. The smallest absolute Gasteiger partial charge is 0.132 e. The highest BCUT2D eigenvalue weighted by Crippen LogP contribution is 2.36. The van der Waals surface area contributed by atoms with Crippen molar-refractivity contribution in [3.8, 4) is 11.3 Å². The van der Waals surface area contributed by atoms with Gasteiger partial charge in [-0.05, 0) is 49.5 Å². The lowest BCUT2D eigenvalue weighted by atomic mass is 9.79. The lowest BCUT2D eigenvalue weighted by Crippen LogP contribution is -2.16. The zero-order valence-corrected chi connectivity index (χ0v) is 17.2. The SMILES string of the molecule is CC(CC1CCCCC1)[C@H](C)c1nccc(-c2cnn(C)c2CC2CC2)n1. The van der Waals surface area contributed by atoms with Crippen LogP contribution >= 0.6 is 0 Å². The molecular weight excluding hydrogens is 332 g/mol. The van der Waals surface area contributed by atoms with E-state index < -0.39 is 0 Å². The first-order chi connectivity index (χ1) is 13.1. The van der Waals surface area contributed by atoms with Crippen LogP contribution in [0.4, 0.5) is 0 Å². The van der Waals surface area contributed by atoms with Crippen molar-refractivity contribution < 1.29 is 0 Å². The predicted octanol–water partition coefficient (Wildman–Crippen LogP) is 5.54. The molecule has 4 heteroatoms. The molecule has 2 aliphatic carbocycles. The number of aromatic nitrogens is 4. The quantitative estimate of drug-likeness (QED) is 0.646. The number of rotatable bonds is 7. The summed E-state index contributed by atoms with van der Waals surface area (Å²) in [4.78, 5) is 9.64. The van der Waals surface area contributed by atoms with Crippen molar-refractivity contribution >= 4 is 0 Å². The fourth-order valence-corrected chi connectivity index (χ4v) is 4.66. The highest BCUT2D eigenvalue weighted by atomic mass is 15.3. The van der Waals surface area contributed by atoms with Crippen molar-refractivity contribution in [2.75, 3.05) is 0 Å². The molecule has 2 aliphatic rings. The van der Waals surface area contributed by atoms with E-state index in [0.717, 1.165) is 29.8 Å². The highest BCUT2D eigenvalue weighted by molar-refractivity contribution is 5.61. The van der Waals surface area contributed by atoms with Gasteiger partial charge in [-0.25, -0.2) is 9.97 Å². The van der Waals surface area contributed by atoms with Crippen molar-refractivity contribution in [1.82, 2.24) is 19.7 Å². The Labute approximate surface area is 163 Å². The first kappa shape index (κ1) is 18.6. The van der Waals surface area contributed by atoms with Crippen LogP contribution < -0.4 is 0 Å². The van der Waals surface area contributed by atoms with Crippen molar-refractivity contribution in [2.45, 2.75) is 77.6 Å². The molecule has 0 spiro atoms. The summed E-state index contributed by atoms with van der Waals surface area (Å²) in [6.07, 6.45) is 16.2. The maximum absolute atomic E-state index is 4.99. The molecule has 4 nitrogen and oxygen atoms in total. The number of aryl methyl sites for hydroxylation is 1. The summed E-state index contributed by atoms with van der Waals surface area (Å²) in [5.74, 6) is 3.77. The Morgan fingerprint density at radius 3 is 2.59 bits per heavy atom. The Hall–Kier alpha value is -1.71. The van der Waals surface area contributed by atoms with Gasteiger partial charge in [0.2, 0.25) is 0 Å². The van der Waals surface area contributed by atoms with E-state index in [4.69, 9.17) is 4.98 Å². The first-order valence-corrected chi connectivity index (χ1v) is 11.0. The molecule has 2 heterocycles. The van der Waals surface area contributed by atoms with Gasteiger partial charge in [-0.1, -0.05) is 46.0 Å². The van der Waals surface area contributed by atoms with Gasteiger partial charge in [0.05, 0.1) is 11.9 Å². The molecule has 146 valence electrons. The molecule has 0 aromatic carbocycles. The zero-order chi connectivity index (χ0) is 18.8. The molecule has 0 saturated heterocycles. The van der Waals surface area contributed by atoms with Crippen molar-refractivity contribution in [3.05, 3.63) is 30.0 Å². The predicted molar refractivity (Wildman–Crippen MR) is 109 cm³/mol. The maximum Gasteiger partial charge on any atom is 0.132 e. The topological polar surface area (TPSA) is 43.6 Å². The molecule has 1 unspecified atom stereocenters. The second kappa shape index (κ2) is 8.12. The molecule has 0 radical (unpaired) electrons. The van der Waals surface area contributed by atoms with Crippen LogP contribution in [-0.2, 0) is 13.5 Å². The molecule has 2 aromatic rings. The summed E-state index contributed by atoms with van der Waals surface area (Å²) in [7, 11) is 2.05. The molecule has 27 heavy (non-hydrogen) atoms. The standard InChI is InChI=1S/C23H34N4/c1-16(13-18-7-5-4-6-8-18)17(2)23-24-12-11-21(26-23)20-15-25-27(3)22(20)14-19-9-10-19/h11-12,15-19H,4-10,13-14H2,1-3H3/t16?,17-/m0/s1. The second-order valence-corrected chi connectivity index (χ2v) is 9.08. The van der Waals surface area contributed by atoms with Crippen LogP contribution in [0.3, 0.4) is 0 Å². The van der Waals surface area contributed by atoms with E-state index >= 15 is 0 Å². The molecule has 4 rings (SSSR count). The summed E-state index contributed by atoms with van der Waals surface area (Å²) < 4.78 is 2.03. The van der Waals surface area contributed by atoms with Crippen LogP contribution in [0.15, 0.2) is 18.5 Å². The van der Waals surface area contributed by atoms with E-state index in [1.807, 2.05) is 17.1 Å². The molecule has 0 amide bonds. The lowest BCUT2D eigenvalue weighted by Gasteiger charge is -2.27. The highest BCUT2D eigenvalue weighted by Gasteiger charge is 2.26. The average Bonchev–Trinajstić information content (AvgIpc) is 3.44. The number of hydrogen-bond acceptors (Lipinski definition) is 3. The van der Waals surface area contributed by atoms with Crippen molar-refractivity contribution in [1.29, 1.82) is 0 Å². The zero-order valence-electron chi connectivity index (χ0n) is 17.2. The van der Waals surface area contributed by atoms with Gasteiger partial charge in [0.25, 0.3) is 0 Å². The largest absolute Gasteiger partial charge is 0.272 e. The Balaban J connectivity index is 1.50. The third-order valence-corrected chi connectivity index (χ3v) is 6.88. The minimum absolute atomic E-state index is 0.399. The minimum Gasteiger partial charge on any atom is -0.272 e. The van der Waals surface area contributed by atoms with Crippen molar-refractivity contribution in [3.63, 3.8) is 0 Å². The third kappa shape index (κ3) is 4.41. The molecule has 0 aliphatic heterocycles. The van der Waals surface area contributed by atoms with Gasteiger partial charge in [0.1, 0.15) is 5.82 Å². The van der Waals surface area contributed by atoms with E-state index in [0.29, 0.717) is 11.8 Å². The summed E-state index contributed by atoms with van der Waals surface area (Å²) in [5.41, 5.74) is 3.56. The Bertz CT molecular complexity index is 755. The monoisotopic (exact) mass is 366 g/mol. The van der Waals surface area contributed by atoms with Crippen LogP contribution in [0.2, 0.25) is 0 Å². The Morgan fingerprint density at radius 2 is 1.85 bits per heavy atom. The van der Waals surface area contributed by atoms with Gasteiger partial charge in [0, 0.05) is 30.4 Å². The fraction of sp³-hybridized carbons (Fsp3) is 0.696. The second-order valence-electron chi connectivity index (χ2n) is 9.08. The summed E-state index contributed by atoms with van der Waals surface area (Å²) in [5, 5.41) is 4.52. The normalized spacial score (nSPS) is 20.6. The fourth-order valence-electron chi connectivity index (χ4n) is 4.66. The van der Waals surface area contributed by atoms with E-state index in [9.17, 15) is 0 Å². The summed E-state index contributed by atoms with van der Waals surface area (Å²) in [6, 6.07) is 2.05. The van der Waals surface area contributed by atoms with Gasteiger partial charge in [-0.3, -0.25) is 4.68 Å². The van der Waals surface area contributed by atoms with Crippen molar-refractivity contribution in [2.24, 2.45) is 24.8 Å². The van der Waals surface area contributed by atoms with Gasteiger partial charge < -0.3 is 0 Å². The van der Waals surface area contributed by atoms with E-state index in [1.54, 1.807) is 0 Å². The average molecular weight is 367 g/mol. The minimum atomic E-state index is 0.399. The van der Waals surface area contributed by atoms with E-state index in [2.05, 4.69) is 37.0 Å². The van der Waals surface area contributed by atoms with E-state index in [1.165, 1.54) is 62.6 Å². The van der Waals surface area contributed by atoms with Crippen LogP contribution in [0, 0.1) is 17.8 Å². The molecule has 0 N–H and O–H groups in total. The van der Waals surface area contributed by atoms with Crippen LogP contribution in [0.1, 0.15) is 82.7 Å². The molecular formula is C23H34N4. The molecule has 2 atom stereocenters. The van der Waals surface area contributed by atoms with E-state index in [-0.39, 0.29) is 0 Å². The Morgan fingerprint density at radius 1 is 1.07 bits per heavy atom. The number of hydrogen-bond donors (Lipinski definition) is 0.